The minimum absolute atomic E-state index is 0.124. The molecule has 1 saturated heterocycles. The van der Waals surface area contributed by atoms with Gasteiger partial charge in [0.1, 0.15) is 0 Å². The van der Waals surface area contributed by atoms with Gasteiger partial charge in [-0.2, -0.15) is 4.98 Å². The zero-order chi connectivity index (χ0) is 15.1. The quantitative estimate of drug-likeness (QED) is 0.836. The molecule has 1 aromatic rings. The molecule has 0 amide bonds. The number of nitrogens with zero attached hydrogens (tertiary/aromatic N) is 3. The maximum atomic E-state index is 5.66. The number of hydrogen-bond acceptors (Lipinski definition) is 5. The molecule has 1 aliphatic rings. The van der Waals surface area contributed by atoms with Crippen LogP contribution in [0.1, 0.15) is 40.0 Å². The summed E-state index contributed by atoms with van der Waals surface area (Å²) in [6.45, 7) is 10.6. The highest BCUT2D eigenvalue weighted by molar-refractivity contribution is 5.37. The van der Waals surface area contributed by atoms with Crippen LogP contribution < -0.4 is 15.0 Å². The maximum absolute atomic E-state index is 5.66. The van der Waals surface area contributed by atoms with Crippen LogP contribution in [0.3, 0.4) is 0 Å². The van der Waals surface area contributed by atoms with Crippen LogP contribution in [0.5, 0.6) is 5.88 Å². The highest BCUT2D eigenvalue weighted by atomic mass is 16.5. The highest BCUT2D eigenvalue weighted by Crippen LogP contribution is 2.20. The number of aromatic nitrogens is 2. The number of anilines is 1. The van der Waals surface area contributed by atoms with Gasteiger partial charge >= 0.3 is 0 Å². The molecule has 5 nitrogen and oxygen atoms in total. The summed E-state index contributed by atoms with van der Waals surface area (Å²) in [5.74, 6) is 2.30. The van der Waals surface area contributed by atoms with Gasteiger partial charge in [-0.1, -0.05) is 6.92 Å². The molecule has 1 N–H and O–H groups in total. The average molecular weight is 292 g/mol. The fourth-order valence-electron chi connectivity index (χ4n) is 2.73. The van der Waals surface area contributed by atoms with Gasteiger partial charge in [0.25, 0.3) is 0 Å². The Morgan fingerprint density at radius 1 is 1.33 bits per heavy atom. The normalized spacial score (nSPS) is 16.2. The van der Waals surface area contributed by atoms with Crippen LogP contribution in [0.15, 0.2) is 12.4 Å². The lowest BCUT2D eigenvalue weighted by Gasteiger charge is -2.30. The molecule has 1 aliphatic heterocycles. The van der Waals surface area contributed by atoms with E-state index < -0.39 is 0 Å². The molecule has 0 aromatic carbocycles. The summed E-state index contributed by atoms with van der Waals surface area (Å²) < 4.78 is 5.66. The molecule has 0 unspecified atom stereocenters. The van der Waals surface area contributed by atoms with E-state index in [0.29, 0.717) is 5.88 Å². The van der Waals surface area contributed by atoms with E-state index in [2.05, 4.69) is 27.1 Å². The van der Waals surface area contributed by atoms with Crippen molar-refractivity contribution < 1.29 is 4.74 Å². The van der Waals surface area contributed by atoms with E-state index in [1.165, 1.54) is 12.8 Å². The lowest BCUT2D eigenvalue weighted by molar-refractivity contribution is 0.231. The number of rotatable bonds is 7. The number of nitrogens with one attached hydrogen (secondary N) is 1. The van der Waals surface area contributed by atoms with E-state index in [0.717, 1.165) is 44.3 Å². The van der Waals surface area contributed by atoms with Gasteiger partial charge in [-0.05, 0) is 52.1 Å². The van der Waals surface area contributed by atoms with Crippen molar-refractivity contribution in [2.75, 3.05) is 31.1 Å². The van der Waals surface area contributed by atoms with Gasteiger partial charge in [0.15, 0.2) is 5.82 Å². The smallest absolute Gasteiger partial charge is 0.234 e. The Morgan fingerprint density at radius 2 is 2.10 bits per heavy atom. The monoisotopic (exact) mass is 292 g/mol. The van der Waals surface area contributed by atoms with E-state index in [4.69, 9.17) is 4.74 Å². The van der Waals surface area contributed by atoms with Gasteiger partial charge in [0.2, 0.25) is 5.88 Å². The Morgan fingerprint density at radius 3 is 2.76 bits per heavy atom. The first-order valence-electron chi connectivity index (χ1n) is 8.13. The second-order valence-electron chi connectivity index (χ2n) is 6.02. The van der Waals surface area contributed by atoms with Crippen molar-refractivity contribution in [1.29, 1.82) is 0 Å². The third kappa shape index (κ3) is 5.16. The van der Waals surface area contributed by atoms with Crippen molar-refractivity contribution in [3.8, 4) is 5.88 Å². The van der Waals surface area contributed by atoms with Crippen LogP contribution in [0.4, 0.5) is 5.82 Å². The van der Waals surface area contributed by atoms with Gasteiger partial charge in [0, 0.05) is 13.1 Å². The third-order valence-electron chi connectivity index (χ3n) is 3.71. The van der Waals surface area contributed by atoms with Crippen LogP contribution in [0, 0.1) is 5.92 Å². The lowest BCUT2D eigenvalue weighted by atomic mass is 9.97. The molecule has 0 atom stereocenters. The first-order valence-corrected chi connectivity index (χ1v) is 8.13. The van der Waals surface area contributed by atoms with Crippen LogP contribution >= 0.6 is 0 Å². The zero-order valence-electron chi connectivity index (χ0n) is 13.5. The predicted octanol–water partition coefficient (Wildman–Crippen LogP) is 2.48. The predicted molar refractivity (Wildman–Crippen MR) is 85.9 cm³/mol. The number of piperidine rings is 1. The van der Waals surface area contributed by atoms with Gasteiger partial charge < -0.3 is 15.0 Å². The van der Waals surface area contributed by atoms with E-state index in [1.54, 1.807) is 6.20 Å². The van der Waals surface area contributed by atoms with E-state index in [1.807, 2.05) is 20.0 Å². The molecule has 2 rings (SSSR count). The first-order chi connectivity index (χ1) is 10.2. The molecule has 5 heteroatoms. The fraction of sp³-hybridized carbons (Fsp3) is 0.750. The summed E-state index contributed by atoms with van der Waals surface area (Å²) in [4.78, 5) is 11.3. The van der Waals surface area contributed by atoms with Crippen LogP contribution in [0.25, 0.3) is 0 Å². The molecule has 0 spiro atoms. The number of ether oxygens (including phenoxy) is 1. The van der Waals surface area contributed by atoms with E-state index >= 15 is 0 Å². The topological polar surface area (TPSA) is 50.3 Å². The van der Waals surface area contributed by atoms with Gasteiger partial charge in [-0.25, -0.2) is 0 Å². The van der Waals surface area contributed by atoms with Crippen molar-refractivity contribution in [2.45, 2.75) is 46.1 Å². The Labute approximate surface area is 128 Å². The Bertz CT molecular complexity index is 418. The molecule has 118 valence electrons. The fourth-order valence-corrected chi connectivity index (χ4v) is 2.73. The molecule has 1 aromatic heterocycles. The summed E-state index contributed by atoms with van der Waals surface area (Å²) in [6.07, 6.45) is 7.27. The Balaban J connectivity index is 2.05. The van der Waals surface area contributed by atoms with E-state index in [9.17, 15) is 0 Å². The SMILES string of the molecule is CCCN(CC1CCNCC1)c1cncc(OC(C)C)n1. The molecule has 0 aliphatic carbocycles. The van der Waals surface area contributed by atoms with Crippen molar-refractivity contribution in [3.05, 3.63) is 12.4 Å². The number of hydrogen-bond donors (Lipinski definition) is 1. The van der Waals surface area contributed by atoms with Gasteiger partial charge in [-0.15, -0.1) is 0 Å². The van der Waals surface area contributed by atoms with Crippen molar-refractivity contribution in [2.24, 2.45) is 5.92 Å². The standard InChI is InChI=1S/C16H28N4O/c1-4-9-20(12-14-5-7-17-8-6-14)15-10-18-11-16(19-15)21-13(2)3/h10-11,13-14,17H,4-9,12H2,1-3H3. The van der Waals surface area contributed by atoms with Crippen molar-refractivity contribution in [1.82, 2.24) is 15.3 Å². The molecule has 2 heterocycles. The second-order valence-corrected chi connectivity index (χ2v) is 6.02. The molecule has 0 saturated carbocycles. The summed E-state index contributed by atoms with van der Waals surface area (Å²) in [7, 11) is 0. The minimum atomic E-state index is 0.124. The first kappa shape index (κ1) is 16.0. The Kier molecular flexibility index (Phi) is 6.23. The zero-order valence-corrected chi connectivity index (χ0v) is 13.5. The summed E-state index contributed by atoms with van der Waals surface area (Å²) in [6, 6.07) is 0. The third-order valence-corrected chi connectivity index (χ3v) is 3.71. The molecule has 1 fully saturated rings. The average Bonchev–Trinajstić information content (AvgIpc) is 2.47. The van der Waals surface area contributed by atoms with Crippen molar-refractivity contribution >= 4 is 5.82 Å². The summed E-state index contributed by atoms with van der Waals surface area (Å²) >= 11 is 0. The summed E-state index contributed by atoms with van der Waals surface area (Å²) in [5.41, 5.74) is 0. The lowest BCUT2D eigenvalue weighted by Crippen LogP contribution is -2.37. The van der Waals surface area contributed by atoms with Crippen LogP contribution in [-0.4, -0.2) is 42.3 Å². The van der Waals surface area contributed by atoms with Crippen LogP contribution in [0.2, 0.25) is 0 Å². The largest absolute Gasteiger partial charge is 0.474 e. The van der Waals surface area contributed by atoms with Crippen LogP contribution in [-0.2, 0) is 0 Å². The molecule has 21 heavy (non-hydrogen) atoms. The Hall–Kier alpha value is -1.36. The summed E-state index contributed by atoms with van der Waals surface area (Å²) in [5, 5.41) is 3.42. The second kappa shape index (κ2) is 8.17. The molecular formula is C16H28N4O. The van der Waals surface area contributed by atoms with E-state index in [-0.39, 0.29) is 6.10 Å². The highest BCUT2D eigenvalue weighted by Gasteiger charge is 2.18. The van der Waals surface area contributed by atoms with Gasteiger partial charge in [0.05, 0.1) is 18.5 Å². The van der Waals surface area contributed by atoms with Gasteiger partial charge in [-0.3, -0.25) is 4.98 Å². The maximum Gasteiger partial charge on any atom is 0.234 e. The minimum Gasteiger partial charge on any atom is -0.474 e. The molecule has 0 radical (unpaired) electrons. The molecule has 0 bridgehead atoms. The van der Waals surface area contributed by atoms with Crippen molar-refractivity contribution in [3.63, 3.8) is 0 Å². The molecular weight excluding hydrogens is 264 g/mol.